The lowest BCUT2D eigenvalue weighted by Crippen LogP contribution is -2.36. The molecular weight excluding hydrogens is 498 g/mol. The van der Waals surface area contributed by atoms with Gasteiger partial charge in [0.1, 0.15) is 19.0 Å². The molecule has 1 aromatic carbocycles. The van der Waals surface area contributed by atoms with E-state index in [-0.39, 0.29) is 14.8 Å². The summed E-state index contributed by atoms with van der Waals surface area (Å²) in [7, 11) is 2.16. The van der Waals surface area contributed by atoms with E-state index in [4.69, 9.17) is 9.47 Å². The zero-order valence-corrected chi connectivity index (χ0v) is 25.1. The largest absolute Gasteiger partial charge is 0.486 e. The second-order valence-electron chi connectivity index (χ2n) is 12.2. The standard InChI is InChI=1S/C34H57NO4.CH4.H2/c1-3-4-5-6-7-8-9-10-11-12-13-14-15-20-31(36)25-29(27-35(2)30-18-16-17-19-30)34(37)28-21-22-32-33(26-28)39-24-23-38-32;;/h21-22,26,29-30,34,37H,3-20,23-25,27H2,1-2H3;1H4;1H/t29-,34+;;/m1../s1. The van der Waals surface area contributed by atoms with Crippen molar-refractivity contribution in [2.45, 2.75) is 148 Å². The van der Waals surface area contributed by atoms with Gasteiger partial charge in [-0.15, -0.1) is 0 Å². The molecule has 0 bridgehead atoms. The van der Waals surface area contributed by atoms with E-state index in [0.29, 0.717) is 43.6 Å². The molecule has 0 aromatic heterocycles. The molecule has 0 radical (unpaired) electrons. The minimum atomic E-state index is -0.694. The normalized spacial score (nSPS) is 16.6. The Labute approximate surface area is 247 Å². The van der Waals surface area contributed by atoms with E-state index in [1.165, 1.54) is 96.3 Å². The summed E-state index contributed by atoms with van der Waals surface area (Å²) in [6.45, 7) is 4.09. The fraction of sp³-hybridized carbons (Fsp3) is 0.800. The molecule has 1 aromatic rings. The maximum atomic E-state index is 13.1. The number of carbonyl (C=O) groups is 1. The number of carbonyl (C=O) groups excluding carboxylic acids is 1. The third-order valence-corrected chi connectivity index (χ3v) is 8.87. The van der Waals surface area contributed by atoms with Crippen molar-refractivity contribution < 1.29 is 20.8 Å². The molecule has 0 saturated heterocycles. The summed E-state index contributed by atoms with van der Waals surface area (Å²) in [6.07, 6.45) is 22.4. The van der Waals surface area contributed by atoms with Crippen molar-refractivity contribution in [1.29, 1.82) is 0 Å². The molecule has 0 amide bonds. The molecular formula is C35H63NO4. The van der Waals surface area contributed by atoms with Gasteiger partial charge >= 0.3 is 0 Å². The van der Waals surface area contributed by atoms with Gasteiger partial charge in [0.2, 0.25) is 0 Å². The highest BCUT2D eigenvalue weighted by Crippen LogP contribution is 2.36. The number of ether oxygens (including phenoxy) is 2. The molecule has 2 atom stereocenters. The topological polar surface area (TPSA) is 59.0 Å². The zero-order valence-electron chi connectivity index (χ0n) is 25.1. The number of fused-ring (bicyclic) bond motifs is 1. The molecule has 2 aliphatic rings. The quantitative estimate of drug-likeness (QED) is 0.152. The average molecular weight is 562 g/mol. The van der Waals surface area contributed by atoms with E-state index in [2.05, 4.69) is 18.9 Å². The Morgan fingerprint density at radius 3 is 2.05 bits per heavy atom. The van der Waals surface area contributed by atoms with Crippen LogP contribution in [0.25, 0.3) is 0 Å². The van der Waals surface area contributed by atoms with Crippen LogP contribution in [0.2, 0.25) is 0 Å². The van der Waals surface area contributed by atoms with Crippen molar-refractivity contribution in [3.63, 3.8) is 0 Å². The molecule has 1 fully saturated rings. The fourth-order valence-corrected chi connectivity index (χ4v) is 6.39. The number of aliphatic hydroxyl groups excluding tert-OH is 1. The summed E-state index contributed by atoms with van der Waals surface area (Å²) in [5.41, 5.74) is 0.817. The first-order valence-corrected chi connectivity index (χ1v) is 16.4. The molecule has 0 spiro atoms. The van der Waals surface area contributed by atoms with Crippen LogP contribution in [0.15, 0.2) is 18.2 Å². The Bertz CT molecular complexity index is 813. The lowest BCUT2D eigenvalue weighted by atomic mass is 9.89. The van der Waals surface area contributed by atoms with Crippen molar-refractivity contribution in [3.8, 4) is 11.5 Å². The van der Waals surface area contributed by atoms with E-state index < -0.39 is 6.10 Å². The molecule has 3 rings (SSSR count). The minimum absolute atomic E-state index is 0. The van der Waals surface area contributed by atoms with E-state index in [1.807, 2.05) is 18.2 Å². The number of aliphatic hydroxyl groups is 1. The molecule has 40 heavy (non-hydrogen) atoms. The van der Waals surface area contributed by atoms with Gasteiger partial charge in [-0.05, 0) is 44.0 Å². The summed E-state index contributed by atoms with van der Waals surface area (Å²) in [5.74, 6) is 1.60. The highest BCUT2D eigenvalue weighted by molar-refractivity contribution is 5.78. The van der Waals surface area contributed by atoms with Gasteiger partial charge in [0, 0.05) is 32.8 Å². The van der Waals surface area contributed by atoms with Gasteiger partial charge in [0.25, 0.3) is 0 Å². The molecule has 1 N–H and O–H groups in total. The Morgan fingerprint density at radius 2 is 1.45 bits per heavy atom. The van der Waals surface area contributed by atoms with Gasteiger partial charge in [0.15, 0.2) is 11.5 Å². The lowest BCUT2D eigenvalue weighted by molar-refractivity contribution is -0.121. The van der Waals surface area contributed by atoms with E-state index >= 15 is 0 Å². The molecule has 5 nitrogen and oxygen atoms in total. The van der Waals surface area contributed by atoms with Crippen LogP contribution >= 0.6 is 0 Å². The molecule has 1 aliphatic carbocycles. The van der Waals surface area contributed by atoms with Crippen LogP contribution in [0.4, 0.5) is 0 Å². The molecule has 1 aliphatic heterocycles. The fourth-order valence-electron chi connectivity index (χ4n) is 6.39. The summed E-state index contributed by atoms with van der Waals surface area (Å²) in [4.78, 5) is 15.4. The first kappa shape index (κ1) is 34.6. The van der Waals surface area contributed by atoms with Crippen LogP contribution in [0.5, 0.6) is 11.5 Å². The van der Waals surface area contributed by atoms with Gasteiger partial charge in [-0.3, -0.25) is 4.79 Å². The number of hydrogen-bond donors (Lipinski definition) is 1. The Balaban J connectivity index is 0.00000420. The molecule has 5 heteroatoms. The van der Waals surface area contributed by atoms with Crippen LogP contribution in [0, 0.1) is 5.92 Å². The summed E-state index contributed by atoms with van der Waals surface area (Å²) in [6, 6.07) is 6.28. The van der Waals surface area contributed by atoms with Crippen LogP contribution in [-0.2, 0) is 4.79 Å². The highest BCUT2D eigenvalue weighted by Gasteiger charge is 2.29. The maximum absolute atomic E-state index is 13.1. The summed E-state index contributed by atoms with van der Waals surface area (Å²) >= 11 is 0. The van der Waals surface area contributed by atoms with Crippen LogP contribution < -0.4 is 9.47 Å². The first-order chi connectivity index (χ1) is 19.1. The lowest BCUT2D eigenvalue weighted by Gasteiger charge is -2.31. The molecule has 1 saturated carbocycles. The Morgan fingerprint density at radius 1 is 0.900 bits per heavy atom. The highest BCUT2D eigenvalue weighted by atomic mass is 16.6. The molecule has 232 valence electrons. The second-order valence-corrected chi connectivity index (χ2v) is 12.2. The molecule has 1 heterocycles. The van der Waals surface area contributed by atoms with Crippen molar-refractivity contribution in [3.05, 3.63) is 23.8 Å². The number of hydrogen-bond acceptors (Lipinski definition) is 5. The predicted molar refractivity (Wildman–Crippen MR) is 170 cm³/mol. The monoisotopic (exact) mass is 561 g/mol. The van der Waals surface area contributed by atoms with Crippen LogP contribution in [0.3, 0.4) is 0 Å². The third kappa shape index (κ3) is 12.5. The number of benzene rings is 1. The van der Waals surface area contributed by atoms with Crippen molar-refractivity contribution in [2.75, 3.05) is 26.8 Å². The van der Waals surface area contributed by atoms with Gasteiger partial charge in [0.05, 0.1) is 6.10 Å². The van der Waals surface area contributed by atoms with Gasteiger partial charge in [-0.1, -0.05) is 110 Å². The van der Waals surface area contributed by atoms with E-state index in [9.17, 15) is 9.90 Å². The van der Waals surface area contributed by atoms with Gasteiger partial charge in [-0.25, -0.2) is 0 Å². The first-order valence-electron chi connectivity index (χ1n) is 16.4. The van der Waals surface area contributed by atoms with Crippen molar-refractivity contribution >= 4 is 5.78 Å². The summed E-state index contributed by atoms with van der Waals surface area (Å²) in [5, 5.41) is 11.4. The van der Waals surface area contributed by atoms with Crippen LogP contribution in [-0.4, -0.2) is 48.6 Å². The van der Waals surface area contributed by atoms with Gasteiger partial charge < -0.3 is 19.5 Å². The number of ketones is 1. The van der Waals surface area contributed by atoms with Crippen molar-refractivity contribution in [2.24, 2.45) is 5.92 Å². The summed E-state index contributed by atoms with van der Waals surface area (Å²) < 4.78 is 11.4. The van der Waals surface area contributed by atoms with Crippen LogP contribution in [0.1, 0.15) is 149 Å². The number of nitrogens with zero attached hydrogens (tertiary/aromatic N) is 1. The third-order valence-electron chi connectivity index (χ3n) is 8.87. The number of Topliss-reactive ketones (excluding diaryl/α,β-unsaturated/α-hetero) is 1. The van der Waals surface area contributed by atoms with E-state index in [1.54, 1.807) is 0 Å². The Hall–Kier alpha value is -1.59. The molecule has 0 unspecified atom stereocenters. The maximum Gasteiger partial charge on any atom is 0.161 e. The predicted octanol–water partition coefficient (Wildman–Crippen LogP) is 9.30. The SMILES string of the molecule is C.CCCCCCCCCCCCCCCC(=O)C[C@H](CN(C)C1CCCC1)[C@@H](O)c1ccc2c(c1)OCCO2.[HH]. The smallest absolute Gasteiger partial charge is 0.161 e. The zero-order chi connectivity index (χ0) is 27.7. The van der Waals surface area contributed by atoms with E-state index in [0.717, 1.165) is 30.7 Å². The number of unbranched alkanes of at least 4 members (excludes halogenated alkanes) is 12. The van der Waals surface area contributed by atoms with Gasteiger partial charge in [-0.2, -0.15) is 0 Å². The van der Waals surface area contributed by atoms with Crippen molar-refractivity contribution in [1.82, 2.24) is 4.90 Å². The number of rotatable bonds is 21. The Kier molecular flexibility index (Phi) is 17.6. The second kappa shape index (κ2) is 20.3. The average Bonchev–Trinajstić information content (AvgIpc) is 3.50. The minimum Gasteiger partial charge on any atom is -0.486 e.